The zero-order chi connectivity index (χ0) is 8.55. The first kappa shape index (κ1) is 8.10. The summed E-state index contributed by atoms with van der Waals surface area (Å²) in [6.07, 6.45) is 9.31. The van der Waals surface area contributed by atoms with E-state index in [0.717, 1.165) is 5.92 Å². The van der Waals surface area contributed by atoms with E-state index in [9.17, 15) is 0 Å². The van der Waals surface area contributed by atoms with Gasteiger partial charge in [-0.1, -0.05) is 25.5 Å². The molecule has 0 atom stereocenters. The molecule has 66 valence electrons. The minimum absolute atomic E-state index is 0.746. The van der Waals surface area contributed by atoms with Crippen molar-refractivity contribution in [3.8, 4) is 0 Å². The van der Waals surface area contributed by atoms with Crippen LogP contribution in [0.1, 0.15) is 46.0 Å². The topological polar surface area (TPSA) is 0 Å². The zero-order valence-electron chi connectivity index (χ0n) is 8.19. The van der Waals surface area contributed by atoms with Gasteiger partial charge in [0.2, 0.25) is 0 Å². The molecule has 0 aromatic rings. The van der Waals surface area contributed by atoms with Gasteiger partial charge >= 0.3 is 0 Å². The van der Waals surface area contributed by atoms with Crippen molar-refractivity contribution in [2.24, 2.45) is 5.92 Å². The van der Waals surface area contributed by atoms with Gasteiger partial charge in [0.1, 0.15) is 0 Å². The summed E-state index contributed by atoms with van der Waals surface area (Å²) in [5.74, 6) is 0.746. The number of rotatable bonds is 1. The molecule has 12 heavy (non-hydrogen) atoms. The van der Waals surface area contributed by atoms with Gasteiger partial charge in [-0.05, 0) is 49.2 Å². The second-order valence-electron chi connectivity index (χ2n) is 4.31. The molecule has 0 amide bonds. The SMILES string of the molecule is CC(C)C1=CCC2=C1CCCC2. The highest BCUT2D eigenvalue weighted by molar-refractivity contribution is 5.44. The fourth-order valence-electron chi connectivity index (χ4n) is 2.48. The van der Waals surface area contributed by atoms with Crippen LogP contribution in [0.5, 0.6) is 0 Å². The molecule has 2 aliphatic rings. The van der Waals surface area contributed by atoms with E-state index in [2.05, 4.69) is 19.9 Å². The summed E-state index contributed by atoms with van der Waals surface area (Å²) >= 11 is 0. The summed E-state index contributed by atoms with van der Waals surface area (Å²) in [5.41, 5.74) is 5.14. The fourth-order valence-corrected chi connectivity index (χ4v) is 2.48. The van der Waals surface area contributed by atoms with Crippen molar-refractivity contribution in [3.05, 3.63) is 22.8 Å². The molecular formula is C12H18. The average Bonchev–Trinajstić information content (AvgIpc) is 2.47. The van der Waals surface area contributed by atoms with Gasteiger partial charge < -0.3 is 0 Å². The lowest BCUT2D eigenvalue weighted by Crippen LogP contribution is -2.01. The van der Waals surface area contributed by atoms with Gasteiger partial charge in [-0.3, -0.25) is 0 Å². The minimum atomic E-state index is 0.746. The molecule has 0 N–H and O–H groups in total. The van der Waals surface area contributed by atoms with Crippen molar-refractivity contribution in [2.75, 3.05) is 0 Å². The lowest BCUT2D eigenvalue weighted by Gasteiger charge is -2.18. The second-order valence-corrected chi connectivity index (χ2v) is 4.31. The largest absolute Gasteiger partial charge is 0.0767 e. The highest BCUT2D eigenvalue weighted by Gasteiger charge is 2.21. The predicted octanol–water partition coefficient (Wildman–Crippen LogP) is 3.84. The maximum Gasteiger partial charge on any atom is -0.0127 e. The van der Waals surface area contributed by atoms with Crippen molar-refractivity contribution >= 4 is 0 Å². The first-order chi connectivity index (χ1) is 5.79. The number of hydrogen-bond acceptors (Lipinski definition) is 0. The summed E-state index contributed by atoms with van der Waals surface area (Å²) in [5, 5.41) is 0. The van der Waals surface area contributed by atoms with Crippen molar-refractivity contribution in [2.45, 2.75) is 46.0 Å². The quantitative estimate of drug-likeness (QED) is 0.549. The van der Waals surface area contributed by atoms with Gasteiger partial charge in [0.05, 0.1) is 0 Å². The molecule has 0 aliphatic heterocycles. The first-order valence-electron chi connectivity index (χ1n) is 5.20. The Kier molecular flexibility index (Phi) is 2.08. The van der Waals surface area contributed by atoms with E-state index in [1.807, 2.05) is 0 Å². The highest BCUT2D eigenvalue weighted by Crippen LogP contribution is 2.39. The highest BCUT2D eigenvalue weighted by atomic mass is 14.3. The lowest BCUT2D eigenvalue weighted by molar-refractivity contribution is 0.660. The van der Waals surface area contributed by atoms with Crippen LogP contribution in [0.25, 0.3) is 0 Å². The van der Waals surface area contributed by atoms with Gasteiger partial charge in [0.15, 0.2) is 0 Å². The van der Waals surface area contributed by atoms with E-state index in [-0.39, 0.29) is 0 Å². The van der Waals surface area contributed by atoms with Crippen molar-refractivity contribution in [3.63, 3.8) is 0 Å². The van der Waals surface area contributed by atoms with Gasteiger partial charge in [0.25, 0.3) is 0 Å². The van der Waals surface area contributed by atoms with E-state index in [0.29, 0.717) is 0 Å². The summed E-state index contributed by atoms with van der Waals surface area (Å²) in [7, 11) is 0. The molecule has 0 saturated carbocycles. The van der Waals surface area contributed by atoms with Crippen molar-refractivity contribution in [1.82, 2.24) is 0 Å². The molecule has 0 bridgehead atoms. The molecule has 0 heteroatoms. The van der Waals surface area contributed by atoms with Crippen molar-refractivity contribution in [1.29, 1.82) is 0 Å². The van der Waals surface area contributed by atoms with Crippen LogP contribution in [0.3, 0.4) is 0 Å². The molecule has 2 rings (SSSR count). The van der Waals surface area contributed by atoms with Crippen LogP contribution in [0.4, 0.5) is 0 Å². The van der Waals surface area contributed by atoms with Gasteiger partial charge in [-0.25, -0.2) is 0 Å². The van der Waals surface area contributed by atoms with Crippen LogP contribution in [0, 0.1) is 5.92 Å². The van der Waals surface area contributed by atoms with Crippen LogP contribution in [0.15, 0.2) is 22.8 Å². The Morgan fingerprint density at radius 2 is 1.92 bits per heavy atom. The smallest absolute Gasteiger partial charge is 0.0127 e. The van der Waals surface area contributed by atoms with Crippen LogP contribution in [-0.4, -0.2) is 0 Å². The summed E-state index contributed by atoms with van der Waals surface area (Å²) in [6.45, 7) is 4.63. The van der Waals surface area contributed by atoms with Crippen LogP contribution in [0.2, 0.25) is 0 Å². The van der Waals surface area contributed by atoms with Crippen LogP contribution in [-0.2, 0) is 0 Å². The third kappa shape index (κ3) is 1.24. The molecule has 0 saturated heterocycles. The monoisotopic (exact) mass is 162 g/mol. The van der Waals surface area contributed by atoms with Gasteiger partial charge in [-0.2, -0.15) is 0 Å². The van der Waals surface area contributed by atoms with E-state index in [1.54, 1.807) is 16.7 Å². The Labute approximate surface area is 75.4 Å². The third-order valence-corrected chi connectivity index (χ3v) is 3.12. The normalized spacial score (nSPS) is 23.1. The van der Waals surface area contributed by atoms with E-state index in [1.165, 1.54) is 32.1 Å². The number of allylic oxidation sites excluding steroid dienone is 4. The Morgan fingerprint density at radius 3 is 2.67 bits per heavy atom. The standard InChI is InChI=1S/C12H18/c1-9(2)11-8-7-10-5-3-4-6-12(10)11/h8-9H,3-7H2,1-2H3. The second kappa shape index (κ2) is 3.08. The molecular weight excluding hydrogens is 144 g/mol. The summed E-state index contributed by atoms with van der Waals surface area (Å²) < 4.78 is 0. The molecule has 0 unspecified atom stereocenters. The molecule has 0 heterocycles. The summed E-state index contributed by atoms with van der Waals surface area (Å²) in [4.78, 5) is 0. The molecule has 0 aromatic heterocycles. The lowest BCUT2D eigenvalue weighted by atomic mass is 9.87. The minimum Gasteiger partial charge on any atom is -0.0767 e. The zero-order valence-corrected chi connectivity index (χ0v) is 8.19. The van der Waals surface area contributed by atoms with Crippen LogP contribution < -0.4 is 0 Å². The maximum absolute atomic E-state index is 2.46. The molecule has 0 spiro atoms. The molecule has 2 aliphatic carbocycles. The Hall–Kier alpha value is -0.520. The summed E-state index contributed by atoms with van der Waals surface area (Å²) in [6, 6.07) is 0. The Morgan fingerprint density at radius 1 is 1.17 bits per heavy atom. The maximum atomic E-state index is 2.46. The number of hydrogen-bond donors (Lipinski definition) is 0. The first-order valence-corrected chi connectivity index (χ1v) is 5.20. The van der Waals surface area contributed by atoms with E-state index in [4.69, 9.17) is 0 Å². The van der Waals surface area contributed by atoms with Crippen LogP contribution >= 0.6 is 0 Å². The van der Waals surface area contributed by atoms with E-state index < -0.39 is 0 Å². The van der Waals surface area contributed by atoms with Gasteiger partial charge in [0, 0.05) is 0 Å². The van der Waals surface area contributed by atoms with E-state index >= 15 is 0 Å². The molecule has 0 radical (unpaired) electrons. The van der Waals surface area contributed by atoms with Crippen molar-refractivity contribution < 1.29 is 0 Å². The molecule has 0 fully saturated rings. The van der Waals surface area contributed by atoms with Gasteiger partial charge in [-0.15, -0.1) is 0 Å². The predicted molar refractivity (Wildman–Crippen MR) is 53.0 cm³/mol. The Bertz CT molecular complexity index is 241. The third-order valence-electron chi connectivity index (χ3n) is 3.12. The average molecular weight is 162 g/mol. The molecule has 0 nitrogen and oxygen atoms in total. The fraction of sp³-hybridized carbons (Fsp3) is 0.667. The Balaban J connectivity index is 2.23. The molecule has 0 aromatic carbocycles.